The maximum atomic E-state index is 8.86. The molecule has 0 spiro atoms. The second-order valence-electron chi connectivity index (χ2n) is 4.23. The minimum Gasteiger partial charge on any atom is -0.493 e. The predicted molar refractivity (Wildman–Crippen MR) is 64.6 cm³/mol. The van der Waals surface area contributed by atoms with Gasteiger partial charge in [0, 0.05) is 18.9 Å². The average molecular weight is 232 g/mol. The monoisotopic (exact) mass is 232 g/mol. The molecule has 0 amide bonds. The fourth-order valence-corrected chi connectivity index (χ4v) is 1.85. The number of rotatable bonds is 3. The van der Waals surface area contributed by atoms with Crippen molar-refractivity contribution >= 4 is 5.69 Å². The number of nitrogens with zero attached hydrogens (tertiary/aromatic N) is 1. The zero-order valence-corrected chi connectivity index (χ0v) is 9.69. The molecule has 17 heavy (non-hydrogen) atoms. The van der Waals surface area contributed by atoms with Crippen LogP contribution in [0, 0.1) is 17.2 Å². The summed E-state index contributed by atoms with van der Waals surface area (Å²) in [6, 6.07) is 7.25. The van der Waals surface area contributed by atoms with Crippen molar-refractivity contribution in [3.05, 3.63) is 23.8 Å². The molecule has 1 saturated heterocycles. The number of hydrogen-bond donors (Lipinski definition) is 1. The van der Waals surface area contributed by atoms with Gasteiger partial charge in [-0.1, -0.05) is 0 Å². The lowest BCUT2D eigenvalue weighted by Gasteiger charge is -2.22. The summed E-state index contributed by atoms with van der Waals surface area (Å²) in [6.07, 6.45) is 2.08. The number of ether oxygens (including phenoxy) is 2. The molecule has 2 N–H and O–H groups in total. The standard InChI is InChI=1S/C13H16N2O2/c14-8-11-7-12(1-2-13(11)15)17-9-10-3-5-16-6-4-10/h1-2,7,10H,3-6,9,15H2. The van der Waals surface area contributed by atoms with Crippen molar-refractivity contribution < 1.29 is 9.47 Å². The zero-order chi connectivity index (χ0) is 12.1. The molecule has 1 aromatic rings. The Morgan fingerprint density at radius 1 is 1.41 bits per heavy atom. The summed E-state index contributed by atoms with van der Waals surface area (Å²) >= 11 is 0. The van der Waals surface area contributed by atoms with Gasteiger partial charge in [0.05, 0.1) is 12.2 Å². The molecule has 4 nitrogen and oxygen atoms in total. The van der Waals surface area contributed by atoms with E-state index >= 15 is 0 Å². The number of anilines is 1. The van der Waals surface area contributed by atoms with E-state index in [2.05, 4.69) is 0 Å². The van der Waals surface area contributed by atoms with Gasteiger partial charge in [0.15, 0.2) is 0 Å². The first kappa shape index (κ1) is 11.7. The molecular formula is C13H16N2O2. The molecule has 0 bridgehead atoms. The maximum absolute atomic E-state index is 8.86. The van der Waals surface area contributed by atoms with Crippen LogP contribution in [0.5, 0.6) is 5.75 Å². The van der Waals surface area contributed by atoms with E-state index in [-0.39, 0.29) is 0 Å². The fraction of sp³-hybridized carbons (Fsp3) is 0.462. The van der Waals surface area contributed by atoms with Gasteiger partial charge in [0.25, 0.3) is 0 Å². The van der Waals surface area contributed by atoms with Crippen LogP contribution in [-0.2, 0) is 4.74 Å². The first-order chi connectivity index (χ1) is 8.29. The quantitative estimate of drug-likeness (QED) is 0.809. The molecule has 90 valence electrons. The second kappa shape index (κ2) is 5.55. The molecule has 1 fully saturated rings. The summed E-state index contributed by atoms with van der Waals surface area (Å²) in [5.41, 5.74) is 6.60. The smallest absolute Gasteiger partial charge is 0.120 e. The maximum Gasteiger partial charge on any atom is 0.120 e. The van der Waals surface area contributed by atoms with E-state index in [1.54, 1.807) is 18.2 Å². The van der Waals surface area contributed by atoms with Gasteiger partial charge >= 0.3 is 0 Å². The zero-order valence-electron chi connectivity index (χ0n) is 9.69. The summed E-state index contributed by atoms with van der Waals surface area (Å²) in [5, 5.41) is 8.86. The van der Waals surface area contributed by atoms with E-state index in [9.17, 15) is 0 Å². The Kier molecular flexibility index (Phi) is 3.84. The van der Waals surface area contributed by atoms with Crippen molar-refractivity contribution in [1.29, 1.82) is 5.26 Å². The molecule has 1 aliphatic rings. The van der Waals surface area contributed by atoms with Crippen LogP contribution >= 0.6 is 0 Å². The van der Waals surface area contributed by atoms with Crippen molar-refractivity contribution in [3.8, 4) is 11.8 Å². The van der Waals surface area contributed by atoms with Crippen LogP contribution in [0.25, 0.3) is 0 Å². The van der Waals surface area contributed by atoms with Gasteiger partial charge < -0.3 is 15.2 Å². The first-order valence-electron chi connectivity index (χ1n) is 5.80. The molecule has 1 heterocycles. The minimum atomic E-state index is 0.467. The van der Waals surface area contributed by atoms with Crippen molar-refractivity contribution in [3.63, 3.8) is 0 Å². The van der Waals surface area contributed by atoms with Gasteiger partial charge in [-0.05, 0) is 37.0 Å². The van der Waals surface area contributed by atoms with E-state index in [4.69, 9.17) is 20.5 Å². The summed E-state index contributed by atoms with van der Waals surface area (Å²) in [6.45, 7) is 2.32. The Labute approximate surface area is 101 Å². The molecule has 0 aliphatic carbocycles. The van der Waals surface area contributed by atoms with Crippen LogP contribution in [0.2, 0.25) is 0 Å². The highest BCUT2D eigenvalue weighted by Crippen LogP contribution is 2.21. The Hall–Kier alpha value is -1.73. The first-order valence-corrected chi connectivity index (χ1v) is 5.80. The number of benzene rings is 1. The largest absolute Gasteiger partial charge is 0.493 e. The van der Waals surface area contributed by atoms with Crippen molar-refractivity contribution in [2.24, 2.45) is 5.92 Å². The molecule has 2 rings (SSSR count). The summed E-state index contributed by atoms with van der Waals surface area (Å²) in [7, 11) is 0. The van der Waals surface area contributed by atoms with E-state index in [1.165, 1.54) is 0 Å². The van der Waals surface area contributed by atoms with Gasteiger partial charge in [-0.15, -0.1) is 0 Å². The lowest BCUT2D eigenvalue weighted by molar-refractivity contribution is 0.0497. The number of nitrogen functional groups attached to an aromatic ring is 1. The number of nitriles is 1. The number of nitrogens with two attached hydrogens (primary N) is 1. The molecule has 0 unspecified atom stereocenters. The predicted octanol–water partition coefficient (Wildman–Crippen LogP) is 1.95. The molecule has 1 aliphatic heterocycles. The molecule has 1 aromatic carbocycles. The van der Waals surface area contributed by atoms with Gasteiger partial charge in [0.2, 0.25) is 0 Å². The van der Waals surface area contributed by atoms with Gasteiger partial charge in [0.1, 0.15) is 11.8 Å². The van der Waals surface area contributed by atoms with Crippen LogP contribution in [0.15, 0.2) is 18.2 Å². The molecule has 0 aromatic heterocycles. The Morgan fingerprint density at radius 2 is 2.18 bits per heavy atom. The lowest BCUT2D eigenvalue weighted by Crippen LogP contribution is -2.21. The molecule has 4 heteroatoms. The third-order valence-electron chi connectivity index (χ3n) is 2.97. The van der Waals surface area contributed by atoms with E-state index in [1.807, 2.05) is 6.07 Å². The topological polar surface area (TPSA) is 68.3 Å². The van der Waals surface area contributed by atoms with Gasteiger partial charge in [-0.3, -0.25) is 0 Å². The number of hydrogen-bond acceptors (Lipinski definition) is 4. The normalized spacial score (nSPS) is 16.4. The Balaban J connectivity index is 1.92. The highest BCUT2D eigenvalue weighted by atomic mass is 16.5. The van der Waals surface area contributed by atoms with Crippen LogP contribution in [0.4, 0.5) is 5.69 Å². The van der Waals surface area contributed by atoms with Crippen molar-refractivity contribution in [2.45, 2.75) is 12.8 Å². The van der Waals surface area contributed by atoms with E-state index in [0.717, 1.165) is 26.1 Å². The second-order valence-corrected chi connectivity index (χ2v) is 4.23. The summed E-state index contributed by atoms with van der Waals surface area (Å²) in [5.74, 6) is 1.26. The van der Waals surface area contributed by atoms with Crippen LogP contribution < -0.4 is 10.5 Å². The van der Waals surface area contributed by atoms with Gasteiger partial charge in [-0.2, -0.15) is 5.26 Å². The van der Waals surface area contributed by atoms with E-state index in [0.29, 0.717) is 29.5 Å². The molecule has 0 atom stereocenters. The van der Waals surface area contributed by atoms with Crippen LogP contribution in [0.1, 0.15) is 18.4 Å². The molecule has 0 radical (unpaired) electrons. The average Bonchev–Trinajstić information content (AvgIpc) is 2.39. The van der Waals surface area contributed by atoms with Crippen LogP contribution in [-0.4, -0.2) is 19.8 Å². The lowest BCUT2D eigenvalue weighted by atomic mass is 10.0. The fourth-order valence-electron chi connectivity index (χ4n) is 1.85. The third-order valence-corrected chi connectivity index (χ3v) is 2.97. The highest BCUT2D eigenvalue weighted by Gasteiger charge is 2.14. The molecular weight excluding hydrogens is 216 g/mol. The Bertz CT molecular complexity index is 420. The Morgan fingerprint density at radius 3 is 2.88 bits per heavy atom. The summed E-state index contributed by atoms with van der Waals surface area (Å²) in [4.78, 5) is 0. The van der Waals surface area contributed by atoms with Crippen molar-refractivity contribution in [1.82, 2.24) is 0 Å². The highest BCUT2D eigenvalue weighted by molar-refractivity contribution is 5.56. The molecule has 0 saturated carbocycles. The van der Waals surface area contributed by atoms with Gasteiger partial charge in [-0.25, -0.2) is 0 Å². The van der Waals surface area contributed by atoms with Crippen molar-refractivity contribution in [2.75, 3.05) is 25.6 Å². The van der Waals surface area contributed by atoms with Crippen LogP contribution in [0.3, 0.4) is 0 Å². The third kappa shape index (κ3) is 3.11. The SMILES string of the molecule is N#Cc1cc(OCC2CCOCC2)ccc1N. The minimum absolute atomic E-state index is 0.467. The summed E-state index contributed by atoms with van der Waals surface area (Å²) < 4.78 is 11.0. The van der Waals surface area contributed by atoms with E-state index < -0.39 is 0 Å².